The summed E-state index contributed by atoms with van der Waals surface area (Å²) in [5.74, 6) is 0.120. The van der Waals surface area contributed by atoms with E-state index in [1.807, 2.05) is 18.7 Å². The minimum Gasteiger partial charge on any atom is -0.465 e. The number of rotatable bonds is 32. The summed E-state index contributed by atoms with van der Waals surface area (Å²) in [6.07, 6.45) is 32.9. The van der Waals surface area contributed by atoms with E-state index >= 15 is 0 Å². The topological polar surface area (TPSA) is 67.6 Å². The molecule has 0 saturated heterocycles. The molecule has 0 aliphatic heterocycles. The van der Waals surface area contributed by atoms with E-state index in [4.69, 9.17) is 4.74 Å². The predicted molar refractivity (Wildman–Crippen MR) is 187 cm³/mol. The normalized spacial score (nSPS) is 13.8. The van der Waals surface area contributed by atoms with Crippen LogP contribution in [0, 0.1) is 5.92 Å². The average Bonchev–Trinajstić information content (AvgIpc) is 3.53. The van der Waals surface area contributed by atoms with Crippen LogP contribution in [-0.4, -0.2) is 57.4 Å². The summed E-state index contributed by atoms with van der Waals surface area (Å²) in [4.78, 5) is 19.4. The molecule has 6 nitrogen and oxygen atoms in total. The second kappa shape index (κ2) is 29.0. The van der Waals surface area contributed by atoms with E-state index in [0.29, 0.717) is 12.6 Å². The maximum absolute atomic E-state index is 12.7. The van der Waals surface area contributed by atoms with E-state index in [0.717, 1.165) is 90.3 Å². The van der Waals surface area contributed by atoms with Gasteiger partial charge in [0.2, 0.25) is 0 Å². The number of aliphatic hydroxyl groups excluding tert-OH is 1. The second-order valence-electron chi connectivity index (χ2n) is 13.5. The molecule has 0 aliphatic carbocycles. The number of nitrogens with zero attached hydrogens (tertiary/aromatic N) is 3. The van der Waals surface area contributed by atoms with Crippen LogP contribution in [0.4, 0.5) is 0 Å². The SMILES string of the molecule is CCCCCCCCCCCCC(O)CN(CCCCCCOC(=O)C(CCCC)CCCCCC)C(C)Cn1ccnc1. The molecule has 0 saturated carbocycles. The average molecular weight is 620 g/mol. The molecule has 258 valence electrons. The van der Waals surface area contributed by atoms with Crippen molar-refractivity contribution in [3.63, 3.8) is 0 Å². The van der Waals surface area contributed by atoms with Gasteiger partial charge in [-0.25, -0.2) is 4.98 Å². The third kappa shape index (κ3) is 22.2. The number of aromatic nitrogens is 2. The van der Waals surface area contributed by atoms with E-state index in [2.05, 4.69) is 42.1 Å². The van der Waals surface area contributed by atoms with Gasteiger partial charge in [-0.05, 0) is 45.6 Å². The summed E-state index contributed by atoms with van der Waals surface area (Å²) in [6.45, 7) is 12.1. The molecule has 1 aromatic rings. The molecule has 1 N–H and O–H groups in total. The van der Waals surface area contributed by atoms with E-state index in [1.54, 1.807) is 0 Å². The third-order valence-electron chi connectivity index (χ3n) is 9.22. The molecule has 1 aromatic heterocycles. The summed E-state index contributed by atoms with van der Waals surface area (Å²) >= 11 is 0. The van der Waals surface area contributed by atoms with Crippen LogP contribution in [0.25, 0.3) is 0 Å². The molecule has 0 aliphatic rings. The number of esters is 1. The first-order valence-corrected chi connectivity index (χ1v) is 19.1. The van der Waals surface area contributed by atoms with Gasteiger partial charge in [-0.15, -0.1) is 0 Å². The maximum atomic E-state index is 12.7. The Morgan fingerprint density at radius 1 is 0.750 bits per heavy atom. The van der Waals surface area contributed by atoms with Crippen LogP contribution in [0.1, 0.15) is 175 Å². The van der Waals surface area contributed by atoms with Crippen molar-refractivity contribution in [1.29, 1.82) is 0 Å². The molecular weight excluding hydrogens is 546 g/mol. The maximum Gasteiger partial charge on any atom is 0.308 e. The molecule has 0 fully saturated rings. The minimum absolute atomic E-state index is 0.0332. The summed E-state index contributed by atoms with van der Waals surface area (Å²) in [5.41, 5.74) is 0. The van der Waals surface area contributed by atoms with Gasteiger partial charge < -0.3 is 14.4 Å². The fourth-order valence-corrected chi connectivity index (χ4v) is 6.25. The highest BCUT2D eigenvalue weighted by molar-refractivity contribution is 5.72. The van der Waals surface area contributed by atoms with Crippen molar-refractivity contribution in [2.45, 2.75) is 194 Å². The van der Waals surface area contributed by atoms with Crippen LogP contribution >= 0.6 is 0 Å². The Bertz CT molecular complexity index is 742. The number of aliphatic hydroxyl groups is 1. The van der Waals surface area contributed by atoms with Gasteiger partial charge in [0.15, 0.2) is 0 Å². The molecule has 6 heteroatoms. The van der Waals surface area contributed by atoms with Crippen molar-refractivity contribution in [1.82, 2.24) is 14.5 Å². The molecule has 3 unspecified atom stereocenters. The lowest BCUT2D eigenvalue weighted by atomic mass is 9.95. The smallest absolute Gasteiger partial charge is 0.308 e. The zero-order valence-electron chi connectivity index (χ0n) is 29.7. The lowest BCUT2D eigenvalue weighted by Crippen LogP contribution is -2.41. The first kappa shape index (κ1) is 40.6. The van der Waals surface area contributed by atoms with Crippen LogP contribution in [-0.2, 0) is 16.1 Å². The number of unbranched alkanes of at least 4 members (excludes halogenated alkanes) is 16. The standard InChI is InChI=1S/C38H73N3O3/c1-5-8-11-13-14-15-16-17-18-22-27-37(42)33-41(35(4)32-40-30-28-39-34-40)29-23-19-20-24-31-44-38(43)36(25-10-7-3)26-21-12-9-6-2/h28,30,34-37,42H,5-27,29,31-33H2,1-4H3. The van der Waals surface area contributed by atoms with Gasteiger partial charge in [-0.1, -0.05) is 136 Å². The highest BCUT2D eigenvalue weighted by atomic mass is 16.5. The molecule has 3 atom stereocenters. The predicted octanol–water partition coefficient (Wildman–Crippen LogP) is 10.1. The van der Waals surface area contributed by atoms with Gasteiger partial charge in [-0.2, -0.15) is 0 Å². The van der Waals surface area contributed by atoms with Gasteiger partial charge in [0.05, 0.1) is 25.0 Å². The van der Waals surface area contributed by atoms with Crippen LogP contribution in [0.5, 0.6) is 0 Å². The van der Waals surface area contributed by atoms with Gasteiger partial charge in [0, 0.05) is 31.5 Å². The largest absolute Gasteiger partial charge is 0.465 e. The van der Waals surface area contributed by atoms with Crippen LogP contribution in [0.3, 0.4) is 0 Å². The van der Waals surface area contributed by atoms with Crippen LogP contribution < -0.4 is 0 Å². The highest BCUT2D eigenvalue weighted by Crippen LogP contribution is 2.20. The van der Waals surface area contributed by atoms with E-state index < -0.39 is 0 Å². The molecular formula is C38H73N3O3. The zero-order chi connectivity index (χ0) is 32.1. The van der Waals surface area contributed by atoms with Crippen molar-refractivity contribution in [2.75, 3.05) is 19.7 Å². The zero-order valence-corrected chi connectivity index (χ0v) is 29.7. The second-order valence-corrected chi connectivity index (χ2v) is 13.5. The van der Waals surface area contributed by atoms with Crippen molar-refractivity contribution < 1.29 is 14.6 Å². The summed E-state index contributed by atoms with van der Waals surface area (Å²) in [7, 11) is 0. The summed E-state index contributed by atoms with van der Waals surface area (Å²) in [5, 5.41) is 10.9. The Morgan fingerprint density at radius 2 is 1.30 bits per heavy atom. The number of ether oxygens (including phenoxy) is 1. The Hall–Kier alpha value is -1.40. The van der Waals surface area contributed by atoms with Crippen molar-refractivity contribution in [3.05, 3.63) is 18.7 Å². The van der Waals surface area contributed by atoms with Crippen molar-refractivity contribution >= 4 is 5.97 Å². The lowest BCUT2D eigenvalue weighted by Gasteiger charge is -2.31. The molecule has 0 spiro atoms. The molecule has 0 bridgehead atoms. The third-order valence-corrected chi connectivity index (χ3v) is 9.22. The van der Waals surface area contributed by atoms with Gasteiger partial charge in [0.1, 0.15) is 0 Å². The van der Waals surface area contributed by atoms with Gasteiger partial charge in [-0.3, -0.25) is 9.69 Å². The molecule has 1 rings (SSSR count). The minimum atomic E-state index is -0.267. The summed E-state index contributed by atoms with van der Waals surface area (Å²) < 4.78 is 7.87. The first-order chi connectivity index (χ1) is 21.5. The number of imidazole rings is 1. The Labute approximate surface area is 273 Å². The molecule has 0 amide bonds. The number of hydrogen-bond acceptors (Lipinski definition) is 5. The van der Waals surface area contributed by atoms with Gasteiger partial charge >= 0.3 is 5.97 Å². The van der Waals surface area contributed by atoms with Crippen LogP contribution in [0.2, 0.25) is 0 Å². The number of carbonyl (C=O) groups excluding carboxylic acids is 1. The fraction of sp³-hybridized carbons (Fsp3) is 0.895. The molecule has 1 heterocycles. The quantitative estimate of drug-likeness (QED) is 0.0642. The van der Waals surface area contributed by atoms with Gasteiger partial charge in [0.25, 0.3) is 0 Å². The fourth-order valence-electron chi connectivity index (χ4n) is 6.25. The van der Waals surface area contributed by atoms with Crippen LogP contribution in [0.15, 0.2) is 18.7 Å². The monoisotopic (exact) mass is 620 g/mol. The Morgan fingerprint density at radius 3 is 1.93 bits per heavy atom. The number of carbonyl (C=O) groups is 1. The summed E-state index contributed by atoms with van der Waals surface area (Å²) in [6, 6.07) is 0.338. The molecule has 0 aromatic carbocycles. The Kier molecular flexibility index (Phi) is 26.8. The first-order valence-electron chi connectivity index (χ1n) is 19.1. The lowest BCUT2D eigenvalue weighted by molar-refractivity contribution is -0.149. The Balaban J connectivity index is 2.33. The number of hydrogen-bond donors (Lipinski definition) is 1. The van der Waals surface area contributed by atoms with E-state index in [9.17, 15) is 9.90 Å². The molecule has 0 radical (unpaired) electrons. The van der Waals surface area contributed by atoms with Crippen molar-refractivity contribution in [3.8, 4) is 0 Å². The van der Waals surface area contributed by atoms with Crippen molar-refractivity contribution in [2.24, 2.45) is 5.92 Å². The highest BCUT2D eigenvalue weighted by Gasteiger charge is 2.20. The van der Waals surface area contributed by atoms with E-state index in [1.165, 1.54) is 77.0 Å². The van der Waals surface area contributed by atoms with E-state index in [-0.39, 0.29) is 18.0 Å². The molecule has 44 heavy (non-hydrogen) atoms.